The van der Waals surface area contributed by atoms with Gasteiger partial charge in [0.25, 0.3) is 0 Å². The summed E-state index contributed by atoms with van der Waals surface area (Å²) in [5, 5.41) is 15.0. The molecule has 10 aromatic rings. The van der Waals surface area contributed by atoms with Gasteiger partial charge in [0.2, 0.25) is 10.9 Å². The summed E-state index contributed by atoms with van der Waals surface area (Å²) in [6.07, 6.45) is 0. The fourth-order valence-electron chi connectivity index (χ4n) is 9.97. The minimum absolute atomic E-state index is 0.0890. The molecule has 58 heavy (non-hydrogen) atoms. The van der Waals surface area contributed by atoms with Crippen molar-refractivity contribution in [3.63, 3.8) is 0 Å². The van der Waals surface area contributed by atoms with Crippen LogP contribution in [0.4, 0.5) is 0 Å². The summed E-state index contributed by atoms with van der Waals surface area (Å²) < 4.78 is 0. The van der Waals surface area contributed by atoms with Crippen LogP contribution in [0.2, 0.25) is 0 Å². The molecule has 0 spiro atoms. The lowest BCUT2D eigenvalue weighted by Gasteiger charge is -2.28. The molecule has 0 N–H and O–H groups in total. The highest BCUT2D eigenvalue weighted by Crippen LogP contribution is 2.57. The second kappa shape index (κ2) is 11.5. The Morgan fingerprint density at radius 3 is 0.931 bits per heavy atom. The molecule has 2 heteroatoms. The molecular weight excluding hydrogens is 705 g/mol. The highest BCUT2D eigenvalue weighted by molar-refractivity contribution is 6.47. The van der Waals surface area contributed by atoms with Crippen LogP contribution in [-0.2, 0) is 21.7 Å². The van der Waals surface area contributed by atoms with Crippen LogP contribution in [0.15, 0.2) is 107 Å². The maximum atomic E-state index is 13.6. The SMILES string of the molecule is CC(C)(C)c1cc(-c2c3c4cccc5cccc(c3c(-c3cc(C(C)(C)C)cc(C(C)(C)C)c3)c3c6ccc7c(=O)c(=O)c8ccc(c23)c6c87)c54)cc(C(C)(C)C)c1. The Bertz CT molecular complexity index is 3160. The van der Waals surface area contributed by atoms with Crippen molar-refractivity contribution in [1.29, 1.82) is 0 Å². The zero-order chi connectivity index (χ0) is 41.2. The monoisotopic (exact) mass is 756 g/mol. The van der Waals surface area contributed by atoms with Crippen LogP contribution in [0.25, 0.3) is 97.7 Å². The lowest BCUT2D eigenvalue weighted by molar-refractivity contribution is 0.568. The van der Waals surface area contributed by atoms with Gasteiger partial charge in [0, 0.05) is 16.2 Å². The summed E-state index contributed by atoms with van der Waals surface area (Å²) in [7, 11) is 0. The smallest absolute Gasteiger partial charge is 0.234 e. The molecule has 288 valence electrons. The summed E-state index contributed by atoms with van der Waals surface area (Å²) in [6, 6.07) is 36.3. The Balaban J connectivity index is 1.57. The Labute approximate surface area is 340 Å². The summed E-state index contributed by atoms with van der Waals surface area (Å²) in [4.78, 5) is 27.1. The van der Waals surface area contributed by atoms with Crippen molar-refractivity contribution in [2.45, 2.75) is 105 Å². The third-order valence-electron chi connectivity index (χ3n) is 13.2. The van der Waals surface area contributed by atoms with Gasteiger partial charge in [0.05, 0.1) is 0 Å². The molecule has 0 aromatic heterocycles. The van der Waals surface area contributed by atoms with Crippen LogP contribution in [-0.4, -0.2) is 0 Å². The molecule has 0 aliphatic heterocycles. The second-order valence-corrected chi connectivity index (χ2v) is 21.3. The van der Waals surface area contributed by atoms with Gasteiger partial charge in [-0.15, -0.1) is 0 Å². The normalized spacial score (nSPS) is 13.7. The van der Waals surface area contributed by atoms with Crippen LogP contribution in [0, 0.1) is 0 Å². The number of rotatable bonds is 2. The molecule has 0 fully saturated rings. The summed E-state index contributed by atoms with van der Waals surface area (Å²) in [5.74, 6) is 0. The van der Waals surface area contributed by atoms with Gasteiger partial charge in [0.1, 0.15) is 0 Å². The topological polar surface area (TPSA) is 34.1 Å². The molecule has 0 bridgehead atoms. The largest absolute Gasteiger partial charge is 0.285 e. The Kier molecular flexibility index (Phi) is 7.30. The molecule has 0 aliphatic rings. The van der Waals surface area contributed by atoms with E-state index in [2.05, 4.69) is 168 Å². The van der Waals surface area contributed by atoms with Crippen LogP contribution < -0.4 is 10.9 Å². The molecule has 0 radical (unpaired) electrons. The van der Waals surface area contributed by atoms with E-state index in [1.165, 1.54) is 87.6 Å². The Morgan fingerprint density at radius 2 is 0.603 bits per heavy atom. The molecule has 2 nitrogen and oxygen atoms in total. The molecule has 0 atom stereocenters. The van der Waals surface area contributed by atoms with Crippen molar-refractivity contribution in [2.24, 2.45) is 0 Å². The zero-order valence-electron chi connectivity index (χ0n) is 36.1. The number of benzene rings is 7. The standard InChI is InChI=1S/C56H52O2/c1-53(2,3)32-23-30(24-33(27-32)54(4,5)6)43-47-36-17-13-15-29-16-14-18-37(42(29)36)48(47)44(31-25-34(55(7,8)9)28-35(26-31)56(10,11)12)50-39-20-22-41-46-40(51(57)52(41)58)21-19-38(45(39)46)49(43)50/h13-28H,1-12H3. The van der Waals surface area contributed by atoms with E-state index < -0.39 is 10.9 Å². The molecular formula is C56H52O2. The Hall–Kier alpha value is -5.60. The molecule has 10 rings (SSSR count). The molecule has 0 saturated heterocycles. The minimum atomic E-state index is -0.404. The van der Waals surface area contributed by atoms with E-state index >= 15 is 0 Å². The van der Waals surface area contributed by atoms with Crippen molar-refractivity contribution in [3.05, 3.63) is 140 Å². The van der Waals surface area contributed by atoms with E-state index in [-0.39, 0.29) is 21.7 Å². The van der Waals surface area contributed by atoms with Crippen LogP contribution in [0.1, 0.15) is 105 Å². The minimum Gasteiger partial charge on any atom is -0.285 e. The summed E-state index contributed by atoms with van der Waals surface area (Å²) >= 11 is 0. The van der Waals surface area contributed by atoms with Gasteiger partial charge >= 0.3 is 0 Å². The molecule has 0 heterocycles. The quantitative estimate of drug-likeness (QED) is 0.165. The first-order chi connectivity index (χ1) is 27.1. The number of hydrogen-bond donors (Lipinski definition) is 0. The number of fused-ring (bicyclic) bond motifs is 6. The van der Waals surface area contributed by atoms with Gasteiger partial charge in [-0.1, -0.05) is 168 Å². The van der Waals surface area contributed by atoms with E-state index in [0.717, 1.165) is 21.5 Å². The van der Waals surface area contributed by atoms with Crippen LogP contribution in [0.5, 0.6) is 0 Å². The maximum absolute atomic E-state index is 13.6. The summed E-state index contributed by atoms with van der Waals surface area (Å²) in [5.41, 5.74) is 8.89. The first kappa shape index (κ1) is 36.7. The first-order valence-electron chi connectivity index (χ1n) is 20.9. The predicted octanol–water partition coefficient (Wildman–Crippen LogP) is 14.8. The molecule has 0 aliphatic carbocycles. The van der Waals surface area contributed by atoms with E-state index in [1.54, 1.807) is 0 Å². The van der Waals surface area contributed by atoms with Gasteiger partial charge in [-0.05, 0) is 138 Å². The molecule has 0 amide bonds. The zero-order valence-corrected chi connectivity index (χ0v) is 36.1. The highest BCUT2D eigenvalue weighted by atomic mass is 16.2. The van der Waals surface area contributed by atoms with Crippen molar-refractivity contribution in [3.8, 4) is 22.3 Å². The molecule has 10 aromatic carbocycles. The van der Waals surface area contributed by atoms with Gasteiger partial charge in [0.15, 0.2) is 0 Å². The van der Waals surface area contributed by atoms with Gasteiger partial charge < -0.3 is 0 Å². The highest BCUT2D eigenvalue weighted by Gasteiger charge is 2.32. The van der Waals surface area contributed by atoms with E-state index in [0.29, 0.717) is 10.8 Å². The summed E-state index contributed by atoms with van der Waals surface area (Å²) in [6.45, 7) is 27.7. The van der Waals surface area contributed by atoms with E-state index in [9.17, 15) is 9.59 Å². The Morgan fingerprint density at radius 1 is 0.310 bits per heavy atom. The van der Waals surface area contributed by atoms with Crippen molar-refractivity contribution >= 4 is 75.4 Å². The fourth-order valence-corrected chi connectivity index (χ4v) is 9.97. The van der Waals surface area contributed by atoms with Gasteiger partial charge in [-0.2, -0.15) is 0 Å². The lowest BCUT2D eigenvalue weighted by atomic mass is 9.76. The molecule has 0 saturated carbocycles. The van der Waals surface area contributed by atoms with Crippen molar-refractivity contribution in [2.75, 3.05) is 0 Å². The predicted molar refractivity (Wildman–Crippen MR) is 252 cm³/mol. The fraction of sp³-hybridized carbons (Fsp3) is 0.286. The van der Waals surface area contributed by atoms with E-state index in [4.69, 9.17) is 0 Å². The van der Waals surface area contributed by atoms with Crippen molar-refractivity contribution < 1.29 is 0 Å². The van der Waals surface area contributed by atoms with Crippen LogP contribution >= 0.6 is 0 Å². The second-order valence-electron chi connectivity index (χ2n) is 21.3. The lowest BCUT2D eigenvalue weighted by Crippen LogP contribution is -2.16. The first-order valence-corrected chi connectivity index (χ1v) is 20.9. The average molecular weight is 757 g/mol. The van der Waals surface area contributed by atoms with E-state index in [1.807, 2.05) is 12.1 Å². The van der Waals surface area contributed by atoms with Crippen molar-refractivity contribution in [1.82, 2.24) is 0 Å². The average Bonchev–Trinajstić information content (AvgIpc) is 3.75. The number of hydrogen-bond acceptors (Lipinski definition) is 2. The van der Waals surface area contributed by atoms with Gasteiger partial charge in [-0.25, -0.2) is 0 Å². The van der Waals surface area contributed by atoms with Gasteiger partial charge in [-0.3, -0.25) is 9.59 Å². The molecule has 0 unspecified atom stereocenters. The maximum Gasteiger partial charge on any atom is 0.234 e. The third kappa shape index (κ3) is 5.03. The van der Waals surface area contributed by atoms with Crippen LogP contribution in [0.3, 0.4) is 0 Å². The third-order valence-corrected chi connectivity index (χ3v) is 13.2.